The minimum absolute atomic E-state index is 0.0794. The molecular formula is C23H40N6O. The first kappa shape index (κ1) is 24.2. The van der Waals surface area contributed by atoms with Crippen LogP contribution < -0.4 is 21.3 Å². The highest BCUT2D eigenvalue weighted by Gasteiger charge is 2.23. The number of aliphatic imine (C=N–C) groups is 1. The van der Waals surface area contributed by atoms with E-state index in [0.717, 1.165) is 38.4 Å². The molecule has 30 heavy (non-hydrogen) atoms. The molecule has 0 aromatic heterocycles. The molecule has 7 nitrogen and oxygen atoms in total. The molecule has 4 N–H and O–H groups in total. The number of nitrogens with zero attached hydrogens (tertiary/aromatic N) is 2. The van der Waals surface area contributed by atoms with Crippen LogP contribution in [0.4, 0.5) is 0 Å². The lowest BCUT2D eigenvalue weighted by atomic mass is 10.0. The number of amides is 1. The number of hydrogen-bond acceptors (Lipinski definition) is 4. The molecule has 1 fully saturated rings. The van der Waals surface area contributed by atoms with Crippen LogP contribution in [0.25, 0.3) is 0 Å². The summed E-state index contributed by atoms with van der Waals surface area (Å²) in [6.07, 6.45) is 2.02. The van der Waals surface area contributed by atoms with Crippen molar-refractivity contribution in [3.8, 4) is 0 Å². The molecule has 1 saturated heterocycles. The van der Waals surface area contributed by atoms with Gasteiger partial charge in [0.15, 0.2) is 5.96 Å². The van der Waals surface area contributed by atoms with Gasteiger partial charge in [0.1, 0.15) is 0 Å². The molecule has 1 atom stereocenters. The minimum atomic E-state index is -0.130. The normalized spacial score (nSPS) is 17.4. The van der Waals surface area contributed by atoms with Gasteiger partial charge in [-0.15, -0.1) is 0 Å². The Morgan fingerprint density at radius 1 is 1.23 bits per heavy atom. The van der Waals surface area contributed by atoms with E-state index in [1.807, 2.05) is 6.07 Å². The van der Waals surface area contributed by atoms with Crippen molar-refractivity contribution >= 4 is 11.9 Å². The Bertz CT molecular complexity index is 668. The van der Waals surface area contributed by atoms with Crippen molar-refractivity contribution < 1.29 is 4.79 Å². The molecule has 1 aromatic rings. The van der Waals surface area contributed by atoms with Gasteiger partial charge in [-0.1, -0.05) is 30.3 Å². The van der Waals surface area contributed by atoms with Crippen molar-refractivity contribution in [1.82, 2.24) is 26.2 Å². The fourth-order valence-electron chi connectivity index (χ4n) is 3.76. The summed E-state index contributed by atoms with van der Waals surface area (Å²) < 4.78 is 0. The summed E-state index contributed by atoms with van der Waals surface area (Å²) in [6.45, 7) is 12.5. The first-order valence-electron chi connectivity index (χ1n) is 11.1. The second-order valence-electron chi connectivity index (χ2n) is 8.72. The molecule has 0 saturated carbocycles. The lowest BCUT2D eigenvalue weighted by Crippen LogP contribution is -2.51. The van der Waals surface area contributed by atoms with Gasteiger partial charge < -0.3 is 21.3 Å². The molecular weight excluding hydrogens is 376 g/mol. The van der Waals surface area contributed by atoms with Gasteiger partial charge in [-0.2, -0.15) is 0 Å². The van der Waals surface area contributed by atoms with Gasteiger partial charge >= 0.3 is 0 Å². The Balaban J connectivity index is 1.86. The van der Waals surface area contributed by atoms with Crippen LogP contribution in [0, 0.1) is 0 Å². The van der Waals surface area contributed by atoms with E-state index >= 15 is 0 Å². The van der Waals surface area contributed by atoms with Crippen molar-refractivity contribution in [1.29, 1.82) is 0 Å². The molecule has 1 heterocycles. The van der Waals surface area contributed by atoms with E-state index in [0.29, 0.717) is 19.1 Å². The largest absolute Gasteiger partial charge is 0.358 e. The molecule has 0 spiro atoms. The summed E-state index contributed by atoms with van der Waals surface area (Å²) in [6, 6.07) is 11.1. The predicted octanol–water partition coefficient (Wildman–Crippen LogP) is 1.88. The third kappa shape index (κ3) is 8.32. The number of guanidine groups is 1. The van der Waals surface area contributed by atoms with Crippen LogP contribution in [-0.2, 0) is 4.79 Å². The minimum Gasteiger partial charge on any atom is -0.358 e. The molecule has 0 bridgehead atoms. The highest BCUT2D eigenvalue weighted by atomic mass is 16.1. The van der Waals surface area contributed by atoms with Crippen molar-refractivity contribution in [2.75, 3.05) is 39.8 Å². The van der Waals surface area contributed by atoms with Gasteiger partial charge in [0.25, 0.3) is 0 Å². The van der Waals surface area contributed by atoms with E-state index in [2.05, 4.69) is 78.1 Å². The van der Waals surface area contributed by atoms with Crippen molar-refractivity contribution in [3.05, 3.63) is 35.9 Å². The molecule has 7 heteroatoms. The molecule has 1 amide bonds. The first-order valence-corrected chi connectivity index (χ1v) is 11.1. The van der Waals surface area contributed by atoms with Gasteiger partial charge in [0, 0.05) is 44.3 Å². The number of piperidine rings is 1. The number of hydrogen-bond donors (Lipinski definition) is 4. The molecule has 1 aromatic carbocycles. The van der Waals surface area contributed by atoms with Gasteiger partial charge in [-0.05, 0) is 46.1 Å². The second kappa shape index (κ2) is 11.9. The van der Waals surface area contributed by atoms with E-state index in [1.165, 1.54) is 5.56 Å². The van der Waals surface area contributed by atoms with Crippen LogP contribution in [-0.4, -0.2) is 68.1 Å². The Labute approximate surface area is 182 Å². The Morgan fingerprint density at radius 2 is 1.90 bits per heavy atom. The van der Waals surface area contributed by atoms with Crippen LogP contribution in [0.15, 0.2) is 35.3 Å². The van der Waals surface area contributed by atoms with E-state index in [4.69, 9.17) is 4.99 Å². The van der Waals surface area contributed by atoms with Crippen molar-refractivity contribution in [2.45, 2.75) is 58.2 Å². The zero-order valence-electron chi connectivity index (χ0n) is 19.3. The summed E-state index contributed by atoms with van der Waals surface area (Å²) in [5.74, 6) is 0.945. The summed E-state index contributed by atoms with van der Waals surface area (Å²) in [5.41, 5.74) is 1.15. The summed E-state index contributed by atoms with van der Waals surface area (Å²) in [5, 5.41) is 13.4. The number of benzene rings is 1. The number of carbonyl (C=O) groups excluding carboxylic acids is 1. The number of rotatable bonds is 9. The molecule has 1 unspecified atom stereocenters. The average Bonchev–Trinajstić information content (AvgIpc) is 2.74. The second-order valence-corrected chi connectivity index (χ2v) is 8.72. The van der Waals surface area contributed by atoms with Crippen LogP contribution in [0.1, 0.15) is 52.1 Å². The molecule has 1 aliphatic heterocycles. The van der Waals surface area contributed by atoms with Gasteiger partial charge in [-0.25, -0.2) is 0 Å². The van der Waals surface area contributed by atoms with E-state index < -0.39 is 0 Å². The standard InChI is InChI=1S/C23H40N6O/c1-6-25-22(27-20-12-14-29(15-13-20)16-21(30)24-5)26-17-23(3,4)28-18(2)19-10-8-7-9-11-19/h7-11,18,20,28H,6,12-17H2,1-5H3,(H,24,30)(H2,25,26,27). The van der Waals surface area contributed by atoms with E-state index in [9.17, 15) is 4.79 Å². The quantitative estimate of drug-likeness (QED) is 0.365. The highest BCUT2D eigenvalue weighted by molar-refractivity contribution is 5.80. The zero-order chi connectivity index (χ0) is 22.0. The van der Waals surface area contributed by atoms with Gasteiger partial charge in [-0.3, -0.25) is 14.7 Å². The number of likely N-dealkylation sites (N-methyl/N-ethyl adjacent to an activating group) is 1. The lowest BCUT2D eigenvalue weighted by Gasteiger charge is -2.33. The van der Waals surface area contributed by atoms with Crippen LogP contribution in [0.2, 0.25) is 0 Å². The fourth-order valence-corrected chi connectivity index (χ4v) is 3.76. The smallest absolute Gasteiger partial charge is 0.233 e. The maximum Gasteiger partial charge on any atom is 0.233 e. The fraction of sp³-hybridized carbons (Fsp3) is 0.652. The molecule has 168 valence electrons. The van der Waals surface area contributed by atoms with Gasteiger partial charge in [0.2, 0.25) is 5.91 Å². The molecule has 0 aliphatic carbocycles. The van der Waals surface area contributed by atoms with Crippen LogP contribution in [0.5, 0.6) is 0 Å². The Hall–Kier alpha value is -2.12. The highest BCUT2D eigenvalue weighted by Crippen LogP contribution is 2.16. The summed E-state index contributed by atoms with van der Waals surface area (Å²) >= 11 is 0. The number of nitrogens with one attached hydrogen (secondary N) is 4. The third-order valence-corrected chi connectivity index (χ3v) is 5.46. The predicted molar refractivity (Wildman–Crippen MR) is 125 cm³/mol. The first-order chi connectivity index (χ1) is 14.3. The van der Waals surface area contributed by atoms with Crippen molar-refractivity contribution in [2.24, 2.45) is 4.99 Å². The maximum absolute atomic E-state index is 11.6. The van der Waals surface area contributed by atoms with E-state index in [-0.39, 0.29) is 17.5 Å². The topological polar surface area (TPSA) is 80.8 Å². The summed E-state index contributed by atoms with van der Waals surface area (Å²) in [4.78, 5) is 18.6. The van der Waals surface area contributed by atoms with Crippen LogP contribution >= 0.6 is 0 Å². The summed E-state index contributed by atoms with van der Waals surface area (Å²) in [7, 11) is 1.69. The molecule has 0 radical (unpaired) electrons. The zero-order valence-corrected chi connectivity index (χ0v) is 19.3. The molecule has 1 aliphatic rings. The Morgan fingerprint density at radius 3 is 2.50 bits per heavy atom. The van der Waals surface area contributed by atoms with Crippen LogP contribution in [0.3, 0.4) is 0 Å². The third-order valence-electron chi connectivity index (χ3n) is 5.46. The van der Waals surface area contributed by atoms with Crippen molar-refractivity contribution in [3.63, 3.8) is 0 Å². The average molecular weight is 417 g/mol. The SMILES string of the molecule is CCNC(=NCC(C)(C)NC(C)c1ccccc1)NC1CCN(CC(=O)NC)CC1. The van der Waals surface area contributed by atoms with Gasteiger partial charge in [0.05, 0.1) is 13.1 Å². The molecule has 2 rings (SSSR count). The monoisotopic (exact) mass is 416 g/mol. The Kier molecular flexibility index (Phi) is 9.59. The number of likely N-dealkylation sites (tertiary alicyclic amines) is 1. The van der Waals surface area contributed by atoms with E-state index in [1.54, 1.807) is 7.05 Å². The lowest BCUT2D eigenvalue weighted by molar-refractivity contribution is -0.122. The maximum atomic E-state index is 11.6. The number of carbonyl (C=O) groups is 1.